The minimum atomic E-state index is -0.354. The Morgan fingerprint density at radius 1 is 0.865 bits per heavy atom. The number of aromatic nitrogens is 1. The van der Waals surface area contributed by atoms with Gasteiger partial charge in [-0.25, -0.2) is 4.79 Å². The van der Waals surface area contributed by atoms with Crippen LogP contribution in [0, 0.1) is 0 Å². The fourth-order valence-corrected chi connectivity index (χ4v) is 5.17. The molecule has 0 fully saturated rings. The highest BCUT2D eigenvalue weighted by Crippen LogP contribution is 2.35. The van der Waals surface area contributed by atoms with Gasteiger partial charge in [-0.15, -0.1) is 0 Å². The number of halogens is 1. The van der Waals surface area contributed by atoms with Gasteiger partial charge >= 0.3 is 5.97 Å². The molecule has 37 heavy (non-hydrogen) atoms. The SMILES string of the molecule is CCOC(=O)c1c(Br)c2cc(OCc3ccccc3)ccc2n1CCCOc1cccc2ccccc12. The van der Waals surface area contributed by atoms with Crippen molar-refractivity contribution < 1.29 is 19.0 Å². The summed E-state index contributed by atoms with van der Waals surface area (Å²) in [5.41, 5.74) is 2.53. The van der Waals surface area contributed by atoms with Gasteiger partial charge in [-0.05, 0) is 64.5 Å². The smallest absolute Gasteiger partial charge is 0.356 e. The van der Waals surface area contributed by atoms with Crippen LogP contribution in [0.2, 0.25) is 0 Å². The average molecular weight is 558 g/mol. The second-order valence-corrected chi connectivity index (χ2v) is 9.46. The zero-order valence-corrected chi connectivity index (χ0v) is 22.2. The van der Waals surface area contributed by atoms with Crippen molar-refractivity contribution in [2.45, 2.75) is 26.5 Å². The highest BCUT2D eigenvalue weighted by Gasteiger charge is 2.23. The zero-order valence-electron chi connectivity index (χ0n) is 20.7. The van der Waals surface area contributed by atoms with Crippen molar-refractivity contribution in [1.82, 2.24) is 4.57 Å². The van der Waals surface area contributed by atoms with Gasteiger partial charge < -0.3 is 18.8 Å². The number of esters is 1. The molecule has 1 aromatic heterocycles. The monoisotopic (exact) mass is 557 g/mol. The number of carbonyl (C=O) groups excluding carboxylic acids is 1. The number of aryl methyl sites for hydroxylation is 1. The largest absolute Gasteiger partial charge is 0.493 e. The molecule has 0 N–H and O–H groups in total. The van der Waals surface area contributed by atoms with Gasteiger partial charge in [0.05, 0.1) is 23.2 Å². The van der Waals surface area contributed by atoms with Crippen LogP contribution in [0.25, 0.3) is 21.7 Å². The van der Waals surface area contributed by atoms with E-state index in [1.807, 2.05) is 84.3 Å². The fourth-order valence-electron chi connectivity index (χ4n) is 4.48. The highest BCUT2D eigenvalue weighted by atomic mass is 79.9. The number of hydrogen-bond donors (Lipinski definition) is 0. The van der Waals surface area contributed by atoms with Crippen molar-refractivity contribution in [3.8, 4) is 11.5 Å². The summed E-state index contributed by atoms with van der Waals surface area (Å²) in [5.74, 6) is 1.25. The predicted molar refractivity (Wildman–Crippen MR) is 150 cm³/mol. The van der Waals surface area contributed by atoms with Crippen LogP contribution in [0.4, 0.5) is 0 Å². The Hall–Kier alpha value is -3.77. The maximum absolute atomic E-state index is 12.9. The summed E-state index contributed by atoms with van der Waals surface area (Å²) in [6.07, 6.45) is 0.720. The lowest BCUT2D eigenvalue weighted by Crippen LogP contribution is -2.14. The Labute approximate surface area is 224 Å². The van der Waals surface area contributed by atoms with Gasteiger partial charge in [-0.2, -0.15) is 0 Å². The number of nitrogens with zero attached hydrogens (tertiary/aromatic N) is 1. The second-order valence-electron chi connectivity index (χ2n) is 8.67. The first kappa shape index (κ1) is 24.9. The van der Waals surface area contributed by atoms with E-state index in [-0.39, 0.29) is 5.97 Å². The summed E-state index contributed by atoms with van der Waals surface area (Å²) in [6.45, 7) is 3.72. The fraction of sp³-hybridized carbons (Fsp3) is 0.194. The van der Waals surface area contributed by atoms with E-state index in [0.29, 0.717) is 36.5 Å². The van der Waals surface area contributed by atoms with Crippen LogP contribution < -0.4 is 9.47 Å². The quantitative estimate of drug-likeness (QED) is 0.130. The number of rotatable bonds is 10. The molecule has 0 radical (unpaired) electrons. The molecule has 0 unspecified atom stereocenters. The molecule has 0 spiro atoms. The van der Waals surface area contributed by atoms with Crippen molar-refractivity contribution in [3.63, 3.8) is 0 Å². The summed E-state index contributed by atoms with van der Waals surface area (Å²) in [7, 11) is 0. The first-order valence-corrected chi connectivity index (χ1v) is 13.2. The molecule has 188 valence electrons. The third-order valence-electron chi connectivity index (χ3n) is 6.22. The van der Waals surface area contributed by atoms with Gasteiger partial charge in [-0.1, -0.05) is 66.7 Å². The van der Waals surface area contributed by atoms with E-state index >= 15 is 0 Å². The molecule has 0 aliphatic rings. The Balaban J connectivity index is 1.36. The summed E-state index contributed by atoms with van der Waals surface area (Å²) in [5, 5.41) is 3.15. The molecule has 4 aromatic carbocycles. The molecular formula is C31H28BrNO4. The van der Waals surface area contributed by atoms with Gasteiger partial charge in [0.1, 0.15) is 23.8 Å². The maximum atomic E-state index is 12.9. The number of carbonyl (C=O) groups is 1. The van der Waals surface area contributed by atoms with Gasteiger partial charge in [0.15, 0.2) is 0 Å². The predicted octanol–water partition coefficient (Wildman–Crippen LogP) is 7.78. The molecule has 0 aliphatic carbocycles. The first-order valence-electron chi connectivity index (χ1n) is 12.4. The van der Waals surface area contributed by atoms with Crippen LogP contribution in [0.3, 0.4) is 0 Å². The Bertz CT molecular complexity index is 1520. The van der Waals surface area contributed by atoms with E-state index in [2.05, 4.69) is 34.1 Å². The third kappa shape index (κ3) is 5.49. The Morgan fingerprint density at radius 3 is 2.49 bits per heavy atom. The summed E-state index contributed by atoms with van der Waals surface area (Å²) < 4.78 is 20.3. The van der Waals surface area contributed by atoms with Gasteiger partial charge in [0.2, 0.25) is 0 Å². The lowest BCUT2D eigenvalue weighted by molar-refractivity contribution is 0.0512. The second kappa shape index (κ2) is 11.5. The summed E-state index contributed by atoms with van der Waals surface area (Å²) >= 11 is 3.67. The number of fused-ring (bicyclic) bond motifs is 2. The van der Waals surface area contributed by atoms with Gasteiger partial charge in [-0.3, -0.25) is 0 Å². The van der Waals surface area contributed by atoms with E-state index in [1.54, 1.807) is 0 Å². The van der Waals surface area contributed by atoms with Crippen LogP contribution in [-0.2, 0) is 17.9 Å². The lowest BCUT2D eigenvalue weighted by Gasteiger charge is -2.13. The Kier molecular flexibility index (Phi) is 7.76. The number of hydrogen-bond acceptors (Lipinski definition) is 4. The molecule has 0 aliphatic heterocycles. The van der Waals surface area contributed by atoms with E-state index in [0.717, 1.165) is 45.2 Å². The summed E-state index contributed by atoms with van der Waals surface area (Å²) in [6, 6.07) is 30.2. The first-order chi connectivity index (χ1) is 18.2. The minimum Gasteiger partial charge on any atom is -0.493 e. The van der Waals surface area contributed by atoms with Crippen molar-refractivity contribution in [1.29, 1.82) is 0 Å². The maximum Gasteiger partial charge on any atom is 0.356 e. The molecule has 0 atom stereocenters. The standard InChI is InChI=1S/C31H28BrNO4/c1-2-35-31(34)30-29(32)26-20-24(37-21-22-10-4-3-5-11-22)16-17-27(26)33(30)18-9-19-36-28-15-8-13-23-12-6-7-14-25(23)28/h3-8,10-17,20H,2,9,18-19,21H2,1H3. The van der Waals surface area contributed by atoms with Crippen LogP contribution in [-0.4, -0.2) is 23.8 Å². The normalized spacial score (nSPS) is 11.1. The van der Waals surface area contributed by atoms with Crippen LogP contribution in [0.5, 0.6) is 11.5 Å². The minimum absolute atomic E-state index is 0.308. The molecule has 0 saturated heterocycles. The highest BCUT2D eigenvalue weighted by molar-refractivity contribution is 9.10. The molecule has 0 saturated carbocycles. The number of benzene rings is 4. The molecule has 0 amide bonds. The van der Waals surface area contributed by atoms with E-state index in [9.17, 15) is 4.79 Å². The molecule has 5 rings (SSSR count). The molecular weight excluding hydrogens is 530 g/mol. The molecule has 1 heterocycles. The van der Waals surface area contributed by atoms with Crippen LogP contribution >= 0.6 is 15.9 Å². The van der Waals surface area contributed by atoms with E-state index in [1.165, 1.54) is 0 Å². The van der Waals surface area contributed by atoms with Crippen molar-refractivity contribution in [3.05, 3.63) is 107 Å². The molecule has 0 bridgehead atoms. The van der Waals surface area contributed by atoms with Crippen molar-refractivity contribution >= 4 is 43.6 Å². The number of ether oxygens (including phenoxy) is 3. The lowest BCUT2D eigenvalue weighted by atomic mass is 10.1. The van der Waals surface area contributed by atoms with Crippen LogP contribution in [0.15, 0.2) is 95.5 Å². The van der Waals surface area contributed by atoms with Gasteiger partial charge in [0, 0.05) is 17.3 Å². The van der Waals surface area contributed by atoms with Crippen molar-refractivity contribution in [2.75, 3.05) is 13.2 Å². The zero-order chi connectivity index (χ0) is 25.6. The third-order valence-corrected chi connectivity index (χ3v) is 7.03. The topological polar surface area (TPSA) is 49.7 Å². The van der Waals surface area contributed by atoms with Crippen LogP contribution in [0.1, 0.15) is 29.4 Å². The van der Waals surface area contributed by atoms with E-state index < -0.39 is 0 Å². The molecule has 5 nitrogen and oxygen atoms in total. The molecule has 5 aromatic rings. The average Bonchev–Trinajstić information content (AvgIpc) is 3.21. The Morgan fingerprint density at radius 2 is 1.65 bits per heavy atom. The van der Waals surface area contributed by atoms with Gasteiger partial charge in [0.25, 0.3) is 0 Å². The van der Waals surface area contributed by atoms with E-state index in [4.69, 9.17) is 14.2 Å². The summed E-state index contributed by atoms with van der Waals surface area (Å²) in [4.78, 5) is 12.9. The van der Waals surface area contributed by atoms with Crippen molar-refractivity contribution in [2.24, 2.45) is 0 Å². The molecule has 6 heteroatoms.